The summed E-state index contributed by atoms with van der Waals surface area (Å²) in [5.74, 6) is -0.258. The third kappa shape index (κ3) is 3.31. The molecule has 1 aromatic carbocycles. The fraction of sp³-hybridized carbons (Fsp3) is 0.500. The molecule has 2 aliphatic rings. The predicted octanol–water partition coefficient (Wildman–Crippen LogP) is 1.47. The number of amides is 2. The van der Waals surface area contributed by atoms with Crippen molar-refractivity contribution in [3.63, 3.8) is 0 Å². The largest absolute Gasteiger partial charge is 0.467 e. The molecule has 1 aromatic rings. The van der Waals surface area contributed by atoms with E-state index in [9.17, 15) is 14.4 Å². The number of benzene rings is 1. The summed E-state index contributed by atoms with van der Waals surface area (Å²) in [7, 11) is 0. The van der Waals surface area contributed by atoms with Crippen LogP contribution in [0.3, 0.4) is 0 Å². The van der Waals surface area contributed by atoms with Gasteiger partial charge in [-0.15, -0.1) is 0 Å². The Morgan fingerprint density at radius 2 is 2.12 bits per heavy atom. The quantitative estimate of drug-likeness (QED) is 0.838. The monoisotopic (exact) mass is 346 g/mol. The molecule has 1 N–H and O–H groups in total. The Labute approximate surface area is 146 Å². The van der Waals surface area contributed by atoms with Gasteiger partial charge in [0.05, 0.1) is 12.2 Å². The predicted molar refractivity (Wildman–Crippen MR) is 88.9 cm³/mol. The van der Waals surface area contributed by atoms with E-state index in [1.165, 1.54) is 4.90 Å². The molecule has 1 spiro atoms. The highest BCUT2D eigenvalue weighted by atomic mass is 16.5. The van der Waals surface area contributed by atoms with Crippen molar-refractivity contribution in [2.45, 2.75) is 44.9 Å². The number of para-hydroxylation sites is 1. The van der Waals surface area contributed by atoms with Gasteiger partial charge in [0.25, 0.3) is 5.91 Å². The van der Waals surface area contributed by atoms with Gasteiger partial charge in [0, 0.05) is 25.8 Å². The Bertz CT molecular complexity index is 704. The van der Waals surface area contributed by atoms with Crippen molar-refractivity contribution in [2.24, 2.45) is 0 Å². The van der Waals surface area contributed by atoms with Crippen molar-refractivity contribution in [1.82, 2.24) is 10.2 Å². The average molecular weight is 346 g/mol. The van der Waals surface area contributed by atoms with Gasteiger partial charge in [-0.25, -0.2) is 4.79 Å². The van der Waals surface area contributed by atoms with Crippen LogP contribution in [0.5, 0.6) is 5.75 Å². The first kappa shape index (κ1) is 17.3. The molecule has 0 aromatic heterocycles. The van der Waals surface area contributed by atoms with Gasteiger partial charge in [0.1, 0.15) is 11.8 Å². The molecule has 0 bridgehead atoms. The molecule has 1 fully saturated rings. The summed E-state index contributed by atoms with van der Waals surface area (Å²) in [5, 5.41) is 2.91. The van der Waals surface area contributed by atoms with Gasteiger partial charge in [-0.1, -0.05) is 12.1 Å². The van der Waals surface area contributed by atoms with Crippen LogP contribution in [-0.4, -0.2) is 47.6 Å². The molecule has 7 heteroatoms. The molecule has 0 aliphatic carbocycles. The smallest absolute Gasteiger partial charge is 0.328 e. The molecular weight excluding hydrogens is 324 g/mol. The summed E-state index contributed by atoms with van der Waals surface area (Å²) in [6.07, 6.45) is 0.951. The van der Waals surface area contributed by atoms with Gasteiger partial charge in [-0.3, -0.25) is 9.59 Å². The van der Waals surface area contributed by atoms with E-state index in [2.05, 4.69) is 5.32 Å². The van der Waals surface area contributed by atoms with Crippen LogP contribution in [0.25, 0.3) is 0 Å². The van der Waals surface area contributed by atoms with Crippen molar-refractivity contribution < 1.29 is 23.9 Å². The number of carbonyl (C=O) groups is 3. The minimum Gasteiger partial charge on any atom is -0.467 e. The number of fused-ring (bicyclic) bond motifs is 1. The summed E-state index contributed by atoms with van der Waals surface area (Å²) in [6.45, 7) is 3.96. The van der Waals surface area contributed by atoms with Crippen LogP contribution < -0.4 is 10.1 Å². The third-order valence-electron chi connectivity index (χ3n) is 4.69. The van der Waals surface area contributed by atoms with Gasteiger partial charge in [0.15, 0.2) is 5.72 Å². The van der Waals surface area contributed by atoms with E-state index in [0.717, 1.165) is 0 Å². The topological polar surface area (TPSA) is 84.9 Å². The lowest BCUT2D eigenvalue weighted by molar-refractivity contribution is -0.153. The van der Waals surface area contributed by atoms with Crippen molar-refractivity contribution in [3.05, 3.63) is 29.8 Å². The zero-order chi connectivity index (χ0) is 18.0. The van der Waals surface area contributed by atoms with Gasteiger partial charge in [0.2, 0.25) is 5.91 Å². The van der Waals surface area contributed by atoms with E-state index >= 15 is 0 Å². The summed E-state index contributed by atoms with van der Waals surface area (Å²) < 4.78 is 11.1. The molecular formula is C18H22N2O5. The average Bonchev–Trinajstić information content (AvgIpc) is 2.74. The van der Waals surface area contributed by atoms with Gasteiger partial charge in [-0.05, 0) is 26.0 Å². The summed E-state index contributed by atoms with van der Waals surface area (Å²) in [6, 6.07) is 6.38. The van der Waals surface area contributed by atoms with E-state index in [4.69, 9.17) is 9.47 Å². The maximum Gasteiger partial charge on any atom is 0.328 e. The Morgan fingerprint density at radius 3 is 2.88 bits per heavy atom. The molecule has 2 amide bonds. The Kier molecular flexibility index (Phi) is 4.65. The molecule has 1 saturated heterocycles. The van der Waals surface area contributed by atoms with Crippen molar-refractivity contribution in [3.8, 4) is 5.75 Å². The number of carbonyl (C=O) groups excluding carboxylic acids is 3. The number of ether oxygens (including phenoxy) is 2. The van der Waals surface area contributed by atoms with Gasteiger partial charge in [-0.2, -0.15) is 0 Å². The van der Waals surface area contributed by atoms with Gasteiger partial charge < -0.3 is 19.7 Å². The lowest BCUT2D eigenvalue weighted by atomic mass is 10.0. The van der Waals surface area contributed by atoms with E-state index in [-0.39, 0.29) is 24.8 Å². The highest BCUT2D eigenvalue weighted by Gasteiger charge is 2.43. The molecule has 2 atom stereocenters. The minimum atomic E-state index is -0.926. The van der Waals surface area contributed by atoms with Crippen LogP contribution in [0.1, 0.15) is 43.5 Å². The molecule has 134 valence electrons. The van der Waals surface area contributed by atoms with Crippen molar-refractivity contribution in [2.75, 3.05) is 13.2 Å². The molecule has 7 nitrogen and oxygen atoms in total. The maximum atomic E-state index is 12.5. The fourth-order valence-electron chi connectivity index (χ4n) is 3.28. The van der Waals surface area contributed by atoms with Crippen LogP contribution >= 0.6 is 0 Å². The van der Waals surface area contributed by atoms with Crippen molar-refractivity contribution in [1.29, 1.82) is 0 Å². The number of rotatable bonds is 3. The SMILES string of the molecule is CCOC(=O)[C@H](C)N1CC[C@]2(CCC1=O)NC(=O)c1ccccc1O2. The Balaban J connectivity index is 1.78. The molecule has 3 rings (SSSR count). The normalized spacial score (nSPS) is 24.0. The first-order valence-electron chi connectivity index (χ1n) is 8.52. The summed E-state index contributed by atoms with van der Waals surface area (Å²) in [5.41, 5.74) is -0.440. The molecule has 0 saturated carbocycles. The Hall–Kier alpha value is -2.57. The minimum absolute atomic E-state index is 0.144. The fourth-order valence-corrected chi connectivity index (χ4v) is 3.28. The molecule has 0 radical (unpaired) electrons. The zero-order valence-corrected chi connectivity index (χ0v) is 14.4. The first-order chi connectivity index (χ1) is 12.0. The Morgan fingerprint density at radius 1 is 1.36 bits per heavy atom. The van der Waals surface area contributed by atoms with E-state index in [1.807, 2.05) is 6.07 Å². The molecule has 2 aliphatic heterocycles. The molecule has 2 heterocycles. The molecule has 25 heavy (non-hydrogen) atoms. The van der Waals surface area contributed by atoms with Crippen LogP contribution in [0.2, 0.25) is 0 Å². The summed E-state index contributed by atoms with van der Waals surface area (Å²) >= 11 is 0. The summed E-state index contributed by atoms with van der Waals surface area (Å²) in [4.78, 5) is 38.3. The maximum absolute atomic E-state index is 12.5. The lowest BCUT2D eigenvalue weighted by Crippen LogP contribution is -2.56. The highest BCUT2D eigenvalue weighted by molar-refractivity contribution is 5.98. The van der Waals surface area contributed by atoms with Crippen LogP contribution in [0.15, 0.2) is 24.3 Å². The van der Waals surface area contributed by atoms with E-state index in [1.54, 1.807) is 32.0 Å². The third-order valence-corrected chi connectivity index (χ3v) is 4.69. The van der Waals surface area contributed by atoms with E-state index < -0.39 is 17.7 Å². The van der Waals surface area contributed by atoms with Crippen LogP contribution in [-0.2, 0) is 14.3 Å². The van der Waals surface area contributed by atoms with Gasteiger partial charge >= 0.3 is 5.97 Å². The second-order valence-corrected chi connectivity index (χ2v) is 6.31. The van der Waals surface area contributed by atoms with Crippen LogP contribution in [0, 0.1) is 0 Å². The second-order valence-electron chi connectivity index (χ2n) is 6.31. The molecule has 0 unspecified atom stereocenters. The lowest BCUT2D eigenvalue weighted by Gasteiger charge is -2.38. The second kappa shape index (κ2) is 6.74. The van der Waals surface area contributed by atoms with E-state index in [0.29, 0.717) is 30.7 Å². The number of hydrogen-bond donors (Lipinski definition) is 1. The zero-order valence-electron chi connectivity index (χ0n) is 14.4. The van der Waals surface area contributed by atoms with Crippen molar-refractivity contribution >= 4 is 17.8 Å². The van der Waals surface area contributed by atoms with Crippen LogP contribution in [0.4, 0.5) is 0 Å². The highest BCUT2D eigenvalue weighted by Crippen LogP contribution is 2.34. The number of nitrogens with one attached hydrogen (secondary N) is 1. The number of esters is 1. The first-order valence-corrected chi connectivity index (χ1v) is 8.52. The number of nitrogens with zero attached hydrogens (tertiary/aromatic N) is 1. The number of likely N-dealkylation sites (tertiary alicyclic amines) is 1. The standard InChI is InChI=1S/C18H22N2O5/c1-3-24-17(23)12(2)20-11-10-18(9-8-15(20)21)19-16(22)13-6-4-5-7-14(13)25-18/h4-7,12H,3,8-11H2,1-2H3,(H,19,22)/t12-,18+/m0/s1. The number of hydrogen-bond acceptors (Lipinski definition) is 5.